The molecule has 1 unspecified atom stereocenters. The molecule has 102 valence electrons. The summed E-state index contributed by atoms with van der Waals surface area (Å²) in [5.74, 6) is 0. The minimum atomic E-state index is 0.313. The van der Waals surface area contributed by atoms with E-state index in [1.807, 2.05) is 24.5 Å². The molecule has 0 aromatic carbocycles. The van der Waals surface area contributed by atoms with Gasteiger partial charge in [-0.3, -0.25) is 9.67 Å². The Labute approximate surface area is 114 Å². The van der Waals surface area contributed by atoms with Crippen molar-refractivity contribution in [3.8, 4) is 0 Å². The predicted molar refractivity (Wildman–Crippen MR) is 76.8 cm³/mol. The van der Waals surface area contributed by atoms with Crippen LogP contribution in [0, 0.1) is 0 Å². The van der Waals surface area contributed by atoms with Gasteiger partial charge in [-0.05, 0) is 44.0 Å². The largest absolute Gasteiger partial charge is 0.305 e. The molecule has 0 saturated carbocycles. The number of aromatic nitrogens is 3. The lowest BCUT2D eigenvalue weighted by Gasteiger charge is -2.14. The van der Waals surface area contributed by atoms with Crippen LogP contribution in [0.1, 0.15) is 43.8 Å². The van der Waals surface area contributed by atoms with Gasteiger partial charge < -0.3 is 5.32 Å². The molecule has 4 heteroatoms. The Kier molecular flexibility index (Phi) is 4.68. The van der Waals surface area contributed by atoms with Gasteiger partial charge in [0.1, 0.15) is 0 Å². The number of hydrogen-bond donors (Lipinski definition) is 1. The predicted octanol–water partition coefficient (Wildman–Crippen LogP) is 2.71. The van der Waals surface area contributed by atoms with E-state index in [2.05, 4.69) is 46.9 Å². The molecule has 0 aliphatic carbocycles. The van der Waals surface area contributed by atoms with Gasteiger partial charge in [0.2, 0.25) is 0 Å². The third-order valence-corrected chi connectivity index (χ3v) is 3.37. The average Bonchev–Trinajstić information content (AvgIpc) is 2.88. The number of nitrogens with one attached hydrogen (secondary N) is 1. The Balaban J connectivity index is 2.00. The third-order valence-electron chi connectivity index (χ3n) is 3.37. The van der Waals surface area contributed by atoms with Crippen molar-refractivity contribution in [2.24, 2.45) is 0 Å². The number of hydrogen-bond acceptors (Lipinski definition) is 3. The number of rotatable bonds is 6. The zero-order chi connectivity index (χ0) is 13.7. The summed E-state index contributed by atoms with van der Waals surface area (Å²) < 4.78 is 2.07. The molecule has 0 bridgehead atoms. The number of nitrogens with zero attached hydrogens (tertiary/aromatic N) is 3. The SMILES string of the molecule is CCc1cc(CNC(C)c2ccncc2)n(CC)n1. The van der Waals surface area contributed by atoms with Gasteiger partial charge in [-0.2, -0.15) is 5.10 Å². The van der Waals surface area contributed by atoms with Crippen molar-refractivity contribution >= 4 is 0 Å². The Bertz CT molecular complexity index is 504. The molecule has 4 nitrogen and oxygen atoms in total. The first-order valence-electron chi connectivity index (χ1n) is 6.93. The summed E-state index contributed by atoms with van der Waals surface area (Å²) in [4.78, 5) is 4.05. The molecule has 2 rings (SSSR count). The summed E-state index contributed by atoms with van der Waals surface area (Å²) in [6.07, 6.45) is 4.65. The van der Waals surface area contributed by atoms with Gasteiger partial charge in [0.25, 0.3) is 0 Å². The monoisotopic (exact) mass is 258 g/mol. The van der Waals surface area contributed by atoms with Crippen molar-refractivity contribution in [2.75, 3.05) is 0 Å². The molecule has 0 fully saturated rings. The maximum Gasteiger partial charge on any atom is 0.0625 e. The highest BCUT2D eigenvalue weighted by Crippen LogP contribution is 2.12. The van der Waals surface area contributed by atoms with Crippen molar-refractivity contribution in [1.29, 1.82) is 0 Å². The van der Waals surface area contributed by atoms with Crippen LogP contribution in [-0.4, -0.2) is 14.8 Å². The zero-order valence-electron chi connectivity index (χ0n) is 11.9. The smallest absolute Gasteiger partial charge is 0.0625 e. The van der Waals surface area contributed by atoms with Gasteiger partial charge >= 0.3 is 0 Å². The lowest BCUT2D eigenvalue weighted by atomic mass is 10.1. The van der Waals surface area contributed by atoms with Crippen LogP contribution >= 0.6 is 0 Å². The van der Waals surface area contributed by atoms with E-state index in [0.717, 1.165) is 25.2 Å². The molecule has 1 atom stereocenters. The summed E-state index contributed by atoms with van der Waals surface area (Å²) in [6.45, 7) is 8.19. The minimum Gasteiger partial charge on any atom is -0.305 e. The molecule has 1 N–H and O–H groups in total. The molecule has 0 spiro atoms. The van der Waals surface area contributed by atoms with Crippen LogP contribution in [0.4, 0.5) is 0 Å². The lowest BCUT2D eigenvalue weighted by molar-refractivity contribution is 0.530. The summed E-state index contributed by atoms with van der Waals surface area (Å²) in [6, 6.07) is 6.60. The van der Waals surface area contributed by atoms with Gasteiger partial charge in [-0.25, -0.2) is 0 Å². The first kappa shape index (κ1) is 13.7. The standard InChI is InChI=1S/C15H22N4/c1-4-14-10-15(19(5-2)18-14)11-17-12(3)13-6-8-16-9-7-13/h6-10,12,17H,4-5,11H2,1-3H3. The minimum absolute atomic E-state index is 0.313. The van der Waals surface area contributed by atoms with Gasteiger partial charge in [-0.15, -0.1) is 0 Å². The normalized spacial score (nSPS) is 12.6. The summed E-state index contributed by atoms with van der Waals surface area (Å²) >= 11 is 0. The zero-order valence-corrected chi connectivity index (χ0v) is 11.9. The fraction of sp³-hybridized carbons (Fsp3) is 0.467. The van der Waals surface area contributed by atoms with Crippen molar-refractivity contribution < 1.29 is 0 Å². The molecule has 0 amide bonds. The number of pyridine rings is 1. The van der Waals surface area contributed by atoms with Crippen LogP contribution < -0.4 is 5.32 Å². The van der Waals surface area contributed by atoms with E-state index in [1.54, 1.807) is 0 Å². The van der Waals surface area contributed by atoms with Crippen LogP contribution in [0.15, 0.2) is 30.6 Å². The topological polar surface area (TPSA) is 42.7 Å². The van der Waals surface area contributed by atoms with Crippen LogP contribution in [0.25, 0.3) is 0 Å². The summed E-state index contributed by atoms with van der Waals surface area (Å²) in [7, 11) is 0. The fourth-order valence-electron chi connectivity index (χ4n) is 2.13. The molecule has 2 aromatic heterocycles. The molecule has 2 heterocycles. The van der Waals surface area contributed by atoms with Crippen molar-refractivity contribution in [1.82, 2.24) is 20.1 Å². The highest BCUT2D eigenvalue weighted by molar-refractivity contribution is 5.15. The molecule has 0 radical (unpaired) electrons. The molecular formula is C15H22N4. The van der Waals surface area contributed by atoms with Gasteiger partial charge in [0, 0.05) is 31.5 Å². The Morgan fingerprint density at radius 3 is 2.63 bits per heavy atom. The fourth-order valence-corrected chi connectivity index (χ4v) is 2.13. The Morgan fingerprint density at radius 2 is 2.00 bits per heavy atom. The Hall–Kier alpha value is -1.68. The molecule has 0 saturated heterocycles. The van der Waals surface area contributed by atoms with Crippen LogP contribution in [0.3, 0.4) is 0 Å². The van der Waals surface area contributed by atoms with Crippen LogP contribution in [0.5, 0.6) is 0 Å². The maximum absolute atomic E-state index is 4.56. The second-order valence-corrected chi connectivity index (χ2v) is 4.68. The van der Waals surface area contributed by atoms with Crippen molar-refractivity contribution in [3.05, 3.63) is 47.5 Å². The molecule has 2 aromatic rings. The maximum atomic E-state index is 4.56. The Morgan fingerprint density at radius 1 is 1.26 bits per heavy atom. The second kappa shape index (κ2) is 6.48. The average molecular weight is 258 g/mol. The van der Waals surface area contributed by atoms with E-state index < -0.39 is 0 Å². The van der Waals surface area contributed by atoms with E-state index in [0.29, 0.717) is 6.04 Å². The second-order valence-electron chi connectivity index (χ2n) is 4.68. The third kappa shape index (κ3) is 3.41. The first-order chi connectivity index (χ1) is 9.24. The first-order valence-corrected chi connectivity index (χ1v) is 6.93. The molecule has 0 aliphatic heterocycles. The molecule has 0 aliphatic rings. The van der Waals surface area contributed by atoms with Crippen LogP contribution in [-0.2, 0) is 19.5 Å². The highest BCUT2D eigenvalue weighted by atomic mass is 15.3. The van der Waals surface area contributed by atoms with Crippen molar-refractivity contribution in [3.63, 3.8) is 0 Å². The molecule has 19 heavy (non-hydrogen) atoms. The van der Waals surface area contributed by atoms with Crippen LogP contribution in [0.2, 0.25) is 0 Å². The van der Waals surface area contributed by atoms with Gasteiger partial charge in [0.15, 0.2) is 0 Å². The van der Waals surface area contributed by atoms with Gasteiger partial charge in [0.05, 0.1) is 11.4 Å². The van der Waals surface area contributed by atoms with E-state index in [-0.39, 0.29) is 0 Å². The highest BCUT2D eigenvalue weighted by Gasteiger charge is 2.08. The quantitative estimate of drug-likeness (QED) is 0.866. The lowest BCUT2D eigenvalue weighted by Crippen LogP contribution is -2.20. The van der Waals surface area contributed by atoms with Gasteiger partial charge in [-0.1, -0.05) is 6.92 Å². The van der Waals surface area contributed by atoms with Crippen molar-refractivity contribution in [2.45, 2.75) is 46.3 Å². The van der Waals surface area contributed by atoms with E-state index in [1.165, 1.54) is 11.3 Å². The summed E-state index contributed by atoms with van der Waals surface area (Å²) in [5.41, 5.74) is 3.67. The summed E-state index contributed by atoms with van der Waals surface area (Å²) in [5, 5.41) is 8.10. The number of aryl methyl sites for hydroxylation is 2. The van der Waals surface area contributed by atoms with E-state index in [9.17, 15) is 0 Å². The van der Waals surface area contributed by atoms with E-state index in [4.69, 9.17) is 0 Å². The van der Waals surface area contributed by atoms with E-state index >= 15 is 0 Å². The molecular weight excluding hydrogens is 236 g/mol.